The third-order valence-corrected chi connectivity index (χ3v) is 4.77. The lowest BCUT2D eigenvalue weighted by Crippen LogP contribution is -2.43. The van der Waals surface area contributed by atoms with Crippen molar-refractivity contribution in [2.75, 3.05) is 12.3 Å². The van der Waals surface area contributed by atoms with Gasteiger partial charge in [-0.1, -0.05) is 13.8 Å². The Bertz CT molecular complexity index is 794. The van der Waals surface area contributed by atoms with Crippen LogP contribution >= 0.6 is 0 Å². The van der Waals surface area contributed by atoms with Crippen LogP contribution in [0.4, 0.5) is 5.82 Å². The zero-order valence-corrected chi connectivity index (χ0v) is 14.6. The van der Waals surface area contributed by atoms with Crippen LogP contribution in [-0.2, 0) is 9.53 Å². The van der Waals surface area contributed by atoms with Gasteiger partial charge in [-0.3, -0.25) is 10.1 Å². The highest BCUT2D eigenvalue weighted by Gasteiger charge is 2.46. The summed E-state index contributed by atoms with van der Waals surface area (Å²) in [4.78, 5) is 23.5. The molecule has 1 fully saturated rings. The quantitative estimate of drug-likeness (QED) is 0.356. The topological polar surface area (TPSA) is 172 Å². The summed E-state index contributed by atoms with van der Waals surface area (Å²) in [7, 11) is 0. The third kappa shape index (κ3) is 3.12. The van der Waals surface area contributed by atoms with E-state index in [-0.39, 0.29) is 18.3 Å². The van der Waals surface area contributed by atoms with Crippen LogP contribution in [0.1, 0.15) is 25.5 Å². The Kier molecular flexibility index (Phi) is 5.10. The molecular formula is C16H24N6O4. The van der Waals surface area contributed by atoms with Crippen molar-refractivity contribution in [1.29, 1.82) is 0 Å². The molecule has 2 aromatic heterocycles. The Morgan fingerprint density at radius 1 is 1.42 bits per heavy atom. The first-order valence-corrected chi connectivity index (χ1v) is 8.43. The Morgan fingerprint density at radius 3 is 2.81 bits per heavy atom. The Labute approximate surface area is 149 Å². The number of fused-ring (bicyclic) bond motifs is 1. The van der Waals surface area contributed by atoms with Crippen LogP contribution in [0.15, 0.2) is 12.5 Å². The predicted molar refractivity (Wildman–Crippen MR) is 93.8 cm³/mol. The standard InChI is InChI=1S/C16H24N6O4/c1-6(2)9(17)16(25)26-14-11(22-8(4-23)13(14)24)7-3-19-12-10(7)20-5-21-15(12)18/h3,5-6,8-9,11,13-14,19,22-24H,4,17H2,1-2H3,(H2,18,20,21)/t8-,9?,11+,13-,14+/m1/s1. The lowest BCUT2D eigenvalue weighted by Gasteiger charge is -2.24. The molecule has 10 heteroatoms. The van der Waals surface area contributed by atoms with E-state index >= 15 is 0 Å². The highest BCUT2D eigenvalue weighted by Crippen LogP contribution is 2.34. The molecule has 10 nitrogen and oxygen atoms in total. The molecule has 0 amide bonds. The number of ether oxygens (including phenoxy) is 1. The van der Waals surface area contributed by atoms with Crippen molar-refractivity contribution in [3.63, 3.8) is 0 Å². The summed E-state index contributed by atoms with van der Waals surface area (Å²) in [6.07, 6.45) is 0.972. The van der Waals surface area contributed by atoms with Crippen molar-refractivity contribution >= 4 is 22.8 Å². The molecule has 1 aliphatic heterocycles. The molecule has 0 spiro atoms. The molecule has 8 N–H and O–H groups in total. The highest BCUT2D eigenvalue weighted by atomic mass is 16.6. The summed E-state index contributed by atoms with van der Waals surface area (Å²) in [6.45, 7) is 3.30. The van der Waals surface area contributed by atoms with Crippen molar-refractivity contribution in [1.82, 2.24) is 20.3 Å². The summed E-state index contributed by atoms with van der Waals surface area (Å²) in [6, 6.07) is -2.05. The van der Waals surface area contributed by atoms with Gasteiger partial charge in [0.1, 0.15) is 30.1 Å². The average molecular weight is 364 g/mol. The summed E-state index contributed by atoms with van der Waals surface area (Å²) in [5.74, 6) is -0.431. The van der Waals surface area contributed by atoms with Crippen molar-refractivity contribution in [2.24, 2.45) is 11.7 Å². The number of nitrogen functional groups attached to an aromatic ring is 1. The molecule has 0 bridgehead atoms. The largest absolute Gasteiger partial charge is 0.456 e. The number of hydrogen-bond donors (Lipinski definition) is 6. The zero-order valence-electron chi connectivity index (χ0n) is 14.6. The molecule has 0 radical (unpaired) electrons. The number of aromatic nitrogens is 3. The zero-order chi connectivity index (χ0) is 19.0. The minimum Gasteiger partial charge on any atom is -0.456 e. The Morgan fingerprint density at radius 2 is 2.15 bits per heavy atom. The Hall–Kier alpha value is -2.27. The van der Waals surface area contributed by atoms with Crippen LogP contribution in [-0.4, -0.2) is 62.0 Å². The summed E-state index contributed by atoms with van der Waals surface area (Å²) in [5, 5.41) is 23.1. The molecule has 1 unspecified atom stereocenters. The fraction of sp³-hybridized carbons (Fsp3) is 0.562. The van der Waals surface area contributed by atoms with Gasteiger partial charge in [-0.25, -0.2) is 9.97 Å². The number of aliphatic hydroxyl groups is 2. The number of esters is 1. The van der Waals surface area contributed by atoms with Crippen molar-refractivity contribution in [3.05, 3.63) is 18.1 Å². The van der Waals surface area contributed by atoms with Gasteiger partial charge in [-0.05, 0) is 5.92 Å². The van der Waals surface area contributed by atoms with Crippen LogP contribution < -0.4 is 16.8 Å². The third-order valence-electron chi connectivity index (χ3n) is 4.77. The van der Waals surface area contributed by atoms with Gasteiger partial charge in [0.05, 0.1) is 24.2 Å². The van der Waals surface area contributed by atoms with Crippen molar-refractivity contribution in [2.45, 2.75) is 44.2 Å². The smallest absolute Gasteiger partial charge is 0.323 e. The van der Waals surface area contributed by atoms with Crippen LogP contribution in [0.25, 0.3) is 11.0 Å². The molecule has 1 saturated heterocycles. The molecule has 0 aromatic carbocycles. The number of anilines is 1. The molecule has 3 heterocycles. The van der Waals surface area contributed by atoms with Crippen LogP contribution in [0.2, 0.25) is 0 Å². The second-order valence-corrected chi connectivity index (χ2v) is 6.82. The second kappa shape index (κ2) is 7.16. The second-order valence-electron chi connectivity index (χ2n) is 6.82. The van der Waals surface area contributed by atoms with Gasteiger partial charge in [0.25, 0.3) is 0 Å². The van der Waals surface area contributed by atoms with Crippen molar-refractivity contribution in [3.8, 4) is 0 Å². The maximum absolute atomic E-state index is 12.3. The lowest BCUT2D eigenvalue weighted by molar-refractivity contribution is -0.157. The van der Waals surface area contributed by atoms with E-state index < -0.39 is 36.3 Å². The van der Waals surface area contributed by atoms with E-state index in [1.807, 2.05) is 13.8 Å². The number of carbonyl (C=O) groups excluding carboxylic acids is 1. The number of aliphatic hydroxyl groups excluding tert-OH is 2. The van der Waals surface area contributed by atoms with E-state index in [0.29, 0.717) is 16.6 Å². The number of aromatic amines is 1. The number of nitrogens with two attached hydrogens (primary N) is 2. The van der Waals surface area contributed by atoms with Crippen LogP contribution in [0, 0.1) is 5.92 Å². The summed E-state index contributed by atoms with van der Waals surface area (Å²) in [5.41, 5.74) is 13.5. The molecule has 3 rings (SSSR count). The van der Waals surface area contributed by atoms with Gasteiger partial charge in [0.15, 0.2) is 5.82 Å². The van der Waals surface area contributed by atoms with Gasteiger partial charge < -0.3 is 31.4 Å². The van der Waals surface area contributed by atoms with E-state index in [4.69, 9.17) is 16.2 Å². The predicted octanol–water partition coefficient (Wildman–Crippen LogP) is -1.20. The van der Waals surface area contributed by atoms with Gasteiger partial charge in [-0.2, -0.15) is 0 Å². The molecule has 1 aliphatic rings. The number of rotatable bonds is 5. The summed E-state index contributed by atoms with van der Waals surface area (Å²) < 4.78 is 5.52. The van der Waals surface area contributed by atoms with E-state index in [1.54, 1.807) is 6.20 Å². The van der Waals surface area contributed by atoms with Gasteiger partial charge in [0.2, 0.25) is 0 Å². The number of hydrogen-bond acceptors (Lipinski definition) is 9. The number of H-pyrrole nitrogens is 1. The highest BCUT2D eigenvalue weighted by molar-refractivity contribution is 5.87. The molecule has 0 aliphatic carbocycles. The summed E-state index contributed by atoms with van der Waals surface area (Å²) >= 11 is 0. The van der Waals surface area contributed by atoms with Crippen LogP contribution in [0.3, 0.4) is 0 Å². The first-order chi connectivity index (χ1) is 12.3. The first-order valence-electron chi connectivity index (χ1n) is 8.43. The van der Waals surface area contributed by atoms with Crippen molar-refractivity contribution < 1.29 is 19.7 Å². The molecule has 2 aromatic rings. The molecular weight excluding hydrogens is 340 g/mol. The van der Waals surface area contributed by atoms with E-state index in [1.165, 1.54) is 6.33 Å². The lowest BCUT2D eigenvalue weighted by atomic mass is 10.0. The van der Waals surface area contributed by atoms with E-state index in [0.717, 1.165) is 0 Å². The van der Waals surface area contributed by atoms with E-state index in [9.17, 15) is 15.0 Å². The molecule has 5 atom stereocenters. The van der Waals surface area contributed by atoms with Gasteiger partial charge >= 0.3 is 5.97 Å². The Balaban J connectivity index is 1.94. The van der Waals surface area contributed by atoms with E-state index in [2.05, 4.69) is 20.3 Å². The molecule has 26 heavy (non-hydrogen) atoms. The maximum Gasteiger partial charge on any atom is 0.323 e. The molecule has 142 valence electrons. The minimum absolute atomic E-state index is 0.110. The maximum atomic E-state index is 12.3. The van der Waals surface area contributed by atoms with Gasteiger partial charge in [-0.15, -0.1) is 0 Å². The number of nitrogens with zero attached hydrogens (tertiary/aromatic N) is 2. The number of carbonyl (C=O) groups is 1. The molecule has 0 saturated carbocycles. The SMILES string of the molecule is CC(C)C(N)C(=O)O[C@@H]1[C@H](O)[C@@H](CO)N[C@H]1c1c[nH]c2c(N)ncnc12. The monoisotopic (exact) mass is 364 g/mol. The van der Waals surface area contributed by atoms with Crippen LogP contribution in [0.5, 0.6) is 0 Å². The first kappa shape index (κ1) is 18.5. The average Bonchev–Trinajstić information content (AvgIpc) is 3.17. The fourth-order valence-corrected chi connectivity index (χ4v) is 3.12. The fourth-order valence-electron chi connectivity index (χ4n) is 3.12. The minimum atomic E-state index is -1.10. The normalized spacial score (nSPS) is 27.2. The van der Waals surface area contributed by atoms with Gasteiger partial charge in [0, 0.05) is 11.8 Å². The number of nitrogens with one attached hydrogen (secondary N) is 2.